The van der Waals surface area contributed by atoms with Crippen molar-refractivity contribution in [1.29, 1.82) is 0 Å². The van der Waals surface area contributed by atoms with E-state index in [2.05, 4.69) is 0 Å². The minimum Gasteiger partial charge on any atom is -0.465 e. The number of carbonyl (C=O) groups excluding carboxylic acids is 1. The molecule has 1 aromatic rings. The van der Waals surface area contributed by atoms with E-state index in [9.17, 15) is 4.79 Å². The van der Waals surface area contributed by atoms with Crippen LogP contribution < -0.4 is 5.73 Å². The van der Waals surface area contributed by atoms with Crippen molar-refractivity contribution >= 4 is 24.5 Å². The fourth-order valence-electron chi connectivity index (χ4n) is 1.26. The number of nitrogens with two attached hydrogens (primary N) is 1. The lowest BCUT2D eigenvalue weighted by atomic mass is 10.1. The molecule has 0 radical (unpaired) electrons. The number of rotatable bonds is 5. The summed E-state index contributed by atoms with van der Waals surface area (Å²) >= 11 is 0. The zero-order chi connectivity index (χ0) is 11.8. The number of carbonyl (C=O) groups is 1. The summed E-state index contributed by atoms with van der Waals surface area (Å²) in [5.41, 5.74) is 6.74. The second-order valence-corrected chi connectivity index (χ2v) is 3.41. The van der Waals surface area contributed by atoms with Gasteiger partial charge in [-0.2, -0.15) is 0 Å². The van der Waals surface area contributed by atoms with E-state index in [0.29, 0.717) is 13.0 Å². The van der Waals surface area contributed by atoms with Gasteiger partial charge >= 0.3 is 5.97 Å². The Labute approximate surface area is 108 Å². The molecule has 94 valence electrons. The molecule has 1 rings (SSSR count). The van der Waals surface area contributed by atoms with Crippen LogP contribution in [-0.4, -0.2) is 18.6 Å². The standard InChI is InChI=1S/C13H17NO2.ClH/c1-2-16-13(15)12(14)10-6-9-11-7-4-3-5-8-11;/h3-9,12H,2,10,14H2,1H3;1H. The number of halogens is 1. The Kier molecular flexibility index (Phi) is 8.11. The second-order valence-electron chi connectivity index (χ2n) is 3.41. The van der Waals surface area contributed by atoms with Gasteiger partial charge in [-0.25, -0.2) is 0 Å². The van der Waals surface area contributed by atoms with Gasteiger partial charge in [0.25, 0.3) is 0 Å². The summed E-state index contributed by atoms with van der Waals surface area (Å²) in [4.78, 5) is 11.2. The first-order valence-corrected chi connectivity index (χ1v) is 5.38. The number of ether oxygens (including phenoxy) is 1. The summed E-state index contributed by atoms with van der Waals surface area (Å²) in [5, 5.41) is 0. The minimum absolute atomic E-state index is 0. The van der Waals surface area contributed by atoms with Gasteiger partial charge in [0.1, 0.15) is 6.04 Å². The molecule has 0 aliphatic carbocycles. The van der Waals surface area contributed by atoms with Gasteiger partial charge in [-0.3, -0.25) is 4.79 Å². The van der Waals surface area contributed by atoms with Gasteiger partial charge in [0, 0.05) is 0 Å². The average Bonchev–Trinajstić information content (AvgIpc) is 2.30. The molecule has 0 spiro atoms. The van der Waals surface area contributed by atoms with E-state index in [4.69, 9.17) is 10.5 Å². The van der Waals surface area contributed by atoms with Crippen LogP contribution in [0.4, 0.5) is 0 Å². The highest BCUT2D eigenvalue weighted by molar-refractivity contribution is 5.85. The van der Waals surface area contributed by atoms with Gasteiger partial charge in [0.05, 0.1) is 6.61 Å². The highest BCUT2D eigenvalue weighted by Gasteiger charge is 2.11. The van der Waals surface area contributed by atoms with E-state index < -0.39 is 6.04 Å². The number of esters is 1. The van der Waals surface area contributed by atoms with E-state index in [1.807, 2.05) is 42.5 Å². The topological polar surface area (TPSA) is 52.3 Å². The minimum atomic E-state index is -0.570. The number of hydrogen-bond acceptors (Lipinski definition) is 3. The van der Waals surface area contributed by atoms with Crippen molar-refractivity contribution in [3.63, 3.8) is 0 Å². The molecule has 0 heterocycles. The molecule has 4 heteroatoms. The van der Waals surface area contributed by atoms with Crippen molar-refractivity contribution in [3.05, 3.63) is 42.0 Å². The van der Waals surface area contributed by atoms with E-state index >= 15 is 0 Å². The van der Waals surface area contributed by atoms with Crippen molar-refractivity contribution in [2.24, 2.45) is 5.73 Å². The van der Waals surface area contributed by atoms with Crippen LogP contribution in [0.25, 0.3) is 6.08 Å². The molecule has 0 aliphatic heterocycles. The van der Waals surface area contributed by atoms with Gasteiger partial charge in [0.2, 0.25) is 0 Å². The highest BCUT2D eigenvalue weighted by Crippen LogP contribution is 2.03. The molecule has 0 saturated carbocycles. The predicted molar refractivity (Wildman–Crippen MR) is 71.9 cm³/mol. The lowest BCUT2D eigenvalue weighted by Crippen LogP contribution is -2.31. The Bertz CT molecular complexity index is 352. The maximum atomic E-state index is 11.2. The Balaban J connectivity index is 0.00000256. The molecular weight excluding hydrogens is 238 g/mol. The third-order valence-electron chi connectivity index (χ3n) is 2.09. The Morgan fingerprint density at radius 3 is 2.65 bits per heavy atom. The summed E-state index contributed by atoms with van der Waals surface area (Å²) in [6.07, 6.45) is 4.32. The predicted octanol–water partition coefficient (Wildman–Crippen LogP) is 2.40. The van der Waals surface area contributed by atoms with Crippen molar-refractivity contribution in [2.45, 2.75) is 19.4 Å². The summed E-state index contributed by atoms with van der Waals surface area (Å²) in [7, 11) is 0. The van der Waals surface area contributed by atoms with Crippen LogP contribution >= 0.6 is 12.4 Å². The lowest BCUT2D eigenvalue weighted by Gasteiger charge is -2.07. The SMILES string of the molecule is CCOC(=O)C(N)CC=Cc1ccccc1.Cl. The molecule has 0 aromatic heterocycles. The van der Waals surface area contributed by atoms with Crippen LogP contribution in [0.2, 0.25) is 0 Å². The van der Waals surface area contributed by atoms with Gasteiger partial charge in [-0.05, 0) is 18.9 Å². The molecule has 0 amide bonds. The molecule has 0 aliphatic rings. The van der Waals surface area contributed by atoms with Crippen LogP contribution in [0.15, 0.2) is 36.4 Å². The number of benzene rings is 1. The van der Waals surface area contributed by atoms with E-state index in [1.165, 1.54) is 0 Å². The van der Waals surface area contributed by atoms with Gasteiger partial charge in [-0.1, -0.05) is 42.5 Å². The van der Waals surface area contributed by atoms with Crippen LogP contribution in [-0.2, 0) is 9.53 Å². The maximum absolute atomic E-state index is 11.2. The molecule has 1 unspecified atom stereocenters. The summed E-state index contributed by atoms with van der Waals surface area (Å²) in [5.74, 6) is -0.347. The Hall–Kier alpha value is -1.32. The van der Waals surface area contributed by atoms with Gasteiger partial charge in [0.15, 0.2) is 0 Å². The maximum Gasteiger partial charge on any atom is 0.323 e. The number of hydrogen-bond donors (Lipinski definition) is 1. The monoisotopic (exact) mass is 255 g/mol. The molecule has 0 saturated heterocycles. The normalized spacial score (nSPS) is 11.9. The van der Waals surface area contributed by atoms with E-state index in [1.54, 1.807) is 6.92 Å². The van der Waals surface area contributed by atoms with Gasteiger partial charge in [-0.15, -0.1) is 12.4 Å². The highest BCUT2D eigenvalue weighted by atomic mass is 35.5. The molecule has 3 nitrogen and oxygen atoms in total. The third kappa shape index (κ3) is 6.09. The van der Waals surface area contributed by atoms with Crippen molar-refractivity contribution < 1.29 is 9.53 Å². The molecule has 2 N–H and O–H groups in total. The zero-order valence-electron chi connectivity index (χ0n) is 9.84. The molecule has 0 bridgehead atoms. The largest absolute Gasteiger partial charge is 0.465 e. The third-order valence-corrected chi connectivity index (χ3v) is 2.09. The average molecular weight is 256 g/mol. The molecular formula is C13H18ClNO2. The molecule has 1 aromatic carbocycles. The first-order chi connectivity index (χ1) is 7.74. The van der Waals surface area contributed by atoms with Gasteiger partial charge < -0.3 is 10.5 Å². The van der Waals surface area contributed by atoms with E-state index in [-0.39, 0.29) is 18.4 Å². The van der Waals surface area contributed by atoms with Crippen molar-refractivity contribution in [3.8, 4) is 0 Å². The molecule has 0 fully saturated rings. The zero-order valence-corrected chi connectivity index (χ0v) is 10.7. The Morgan fingerprint density at radius 1 is 1.41 bits per heavy atom. The quantitative estimate of drug-likeness (QED) is 0.822. The second kappa shape index (κ2) is 8.79. The van der Waals surface area contributed by atoms with Crippen LogP contribution in [0.1, 0.15) is 18.9 Å². The first kappa shape index (κ1) is 15.7. The summed E-state index contributed by atoms with van der Waals surface area (Å²) < 4.78 is 4.81. The first-order valence-electron chi connectivity index (χ1n) is 5.38. The van der Waals surface area contributed by atoms with Crippen molar-refractivity contribution in [1.82, 2.24) is 0 Å². The van der Waals surface area contributed by atoms with Crippen LogP contribution in [0.3, 0.4) is 0 Å². The summed E-state index contributed by atoms with van der Waals surface area (Å²) in [6, 6.07) is 9.30. The smallest absolute Gasteiger partial charge is 0.323 e. The van der Waals surface area contributed by atoms with E-state index in [0.717, 1.165) is 5.56 Å². The fraction of sp³-hybridized carbons (Fsp3) is 0.308. The molecule has 1 atom stereocenters. The summed E-state index contributed by atoms with van der Waals surface area (Å²) in [6.45, 7) is 2.14. The van der Waals surface area contributed by atoms with Crippen LogP contribution in [0, 0.1) is 0 Å². The molecule has 17 heavy (non-hydrogen) atoms. The van der Waals surface area contributed by atoms with Crippen LogP contribution in [0.5, 0.6) is 0 Å². The fourth-order valence-corrected chi connectivity index (χ4v) is 1.26. The lowest BCUT2D eigenvalue weighted by molar-refractivity contribution is -0.144. The van der Waals surface area contributed by atoms with Crippen molar-refractivity contribution in [2.75, 3.05) is 6.61 Å². The Morgan fingerprint density at radius 2 is 2.06 bits per heavy atom.